The fourth-order valence-corrected chi connectivity index (χ4v) is 6.12. The van der Waals surface area contributed by atoms with Crippen molar-refractivity contribution in [1.82, 2.24) is 8.61 Å². The number of carbonyl (C=O) groups excluding carboxylic acids is 1. The lowest BCUT2D eigenvalue weighted by Crippen LogP contribution is -2.40. The fourth-order valence-electron chi connectivity index (χ4n) is 3.27. The summed E-state index contributed by atoms with van der Waals surface area (Å²) < 4.78 is 59.3. The molecule has 180 valence electrons. The molecule has 0 aromatic heterocycles. The molecule has 9 nitrogen and oxygen atoms in total. The average molecular weight is 496 g/mol. The molecule has 0 radical (unpaired) electrons. The van der Waals surface area contributed by atoms with Crippen LogP contribution >= 0.6 is 0 Å². The zero-order valence-corrected chi connectivity index (χ0v) is 20.7. The molecule has 0 saturated carbocycles. The van der Waals surface area contributed by atoms with Crippen molar-refractivity contribution in [1.29, 1.82) is 0 Å². The molecule has 0 bridgehead atoms. The van der Waals surface area contributed by atoms with Crippen molar-refractivity contribution in [3.05, 3.63) is 53.6 Å². The van der Waals surface area contributed by atoms with E-state index in [2.05, 4.69) is 5.32 Å². The Morgan fingerprint density at radius 2 is 1.70 bits per heavy atom. The van der Waals surface area contributed by atoms with Crippen LogP contribution in [0.4, 0.5) is 5.69 Å². The summed E-state index contributed by atoms with van der Waals surface area (Å²) in [5.74, 6) is -0.539. The van der Waals surface area contributed by atoms with Crippen molar-refractivity contribution in [3.8, 4) is 0 Å². The third-order valence-corrected chi connectivity index (χ3v) is 9.49. The Morgan fingerprint density at radius 1 is 1.03 bits per heavy atom. The van der Waals surface area contributed by atoms with E-state index in [0.717, 1.165) is 0 Å². The number of amides is 1. The van der Waals surface area contributed by atoms with Crippen LogP contribution in [0.3, 0.4) is 0 Å². The largest absolute Gasteiger partial charge is 0.379 e. The smallest absolute Gasteiger partial charge is 0.255 e. The lowest BCUT2D eigenvalue weighted by Gasteiger charge is -2.26. The van der Waals surface area contributed by atoms with Crippen molar-refractivity contribution in [2.45, 2.75) is 36.6 Å². The quantitative estimate of drug-likeness (QED) is 0.631. The number of anilines is 1. The second-order valence-electron chi connectivity index (χ2n) is 8.09. The highest BCUT2D eigenvalue weighted by Gasteiger charge is 2.27. The summed E-state index contributed by atoms with van der Waals surface area (Å²) in [4.78, 5) is 13.0. The van der Waals surface area contributed by atoms with Gasteiger partial charge in [0.25, 0.3) is 5.91 Å². The van der Waals surface area contributed by atoms with Crippen LogP contribution < -0.4 is 5.32 Å². The standard InChI is InChI=1S/C22H29N3O6S2/c1-16(2)24(4)32(27,28)19-7-5-6-18(14-19)22(26)23-21-15-20(9-8-17(21)3)33(29,30)25-10-12-31-13-11-25/h5-9,14-16H,10-13H2,1-4H3,(H,23,26). The second kappa shape index (κ2) is 9.90. The van der Waals surface area contributed by atoms with Gasteiger partial charge in [-0.3, -0.25) is 4.79 Å². The van der Waals surface area contributed by atoms with Gasteiger partial charge >= 0.3 is 0 Å². The number of aryl methyl sites for hydroxylation is 1. The van der Waals surface area contributed by atoms with Crippen molar-refractivity contribution >= 4 is 31.6 Å². The molecule has 3 rings (SSSR count). The summed E-state index contributed by atoms with van der Waals surface area (Å²) in [5, 5.41) is 2.72. The topological polar surface area (TPSA) is 113 Å². The molecule has 1 aliphatic heterocycles. The molecule has 1 N–H and O–H groups in total. The molecular weight excluding hydrogens is 466 g/mol. The number of nitrogens with zero attached hydrogens (tertiary/aromatic N) is 2. The van der Waals surface area contributed by atoms with Crippen LogP contribution in [0.1, 0.15) is 29.8 Å². The minimum Gasteiger partial charge on any atom is -0.379 e. The predicted molar refractivity (Wildman–Crippen MR) is 125 cm³/mol. The summed E-state index contributed by atoms with van der Waals surface area (Å²) in [6.45, 7) is 6.47. The van der Waals surface area contributed by atoms with Crippen molar-refractivity contribution in [3.63, 3.8) is 0 Å². The first kappa shape index (κ1) is 25.3. The Bertz CT molecular complexity index is 1240. The van der Waals surface area contributed by atoms with Crippen LogP contribution in [0.2, 0.25) is 0 Å². The molecular formula is C22H29N3O6S2. The summed E-state index contributed by atoms with van der Waals surface area (Å²) >= 11 is 0. The highest BCUT2D eigenvalue weighted by molar-refractivity contribution is 7.89. The van der Waals surface area contributed by atoms with Gasteiger partial charge < -0.3 is 10.1 Å². The van der Waals surface area contributed by atoms with E-state index in [9.17, 15) is 21.6 Å². The maximum atomic E-state index is 13.0. The van der Waals surface area contributed by atoms with E-state index in [0.29, 0.717) is 24.5 Å². The highest BCUT2D eigenvalue weighted by Crippen LogP contribution is 2.25. The van der Waals surface area contributed by atoms with E-state index in [4.69, 9.17) is 4.74 Å². The third-order valence-electron chi connectivity index (χ3n) is 5.57. The van der Waals surface area contributed by atoms with E-state index >= 15 is 0 Å². The first-order valence-corrected chi connectivity index (χ1v) is 13.4. The van der Waals surface area contributed by atoms with Crippen LogP contribution in [0, 0.1) is 6.92 Å². The molecule has 33 heavy (non-hydrogen) atoms. The number of benzene rings is 2. The second-order valence-corrected chi connectivity index (χ2v) is 12.0. The van der Waals surface area contributed by atoms with Gasteiger partial charge in [-0.05, 0) is 56.7 Å². The number of sulfonamides is 2. The summed E-state index contributed by atoms with van der Waals surface area (Å²) in [6.07, 6.45) is 0. The molecule has 1 saturated heterocycles. The number of rotatable bonds is 7. The maximum absolute atomic E-state index is 13.0. The Balaban J connectivity index is 1.87. The van der Waals surface area contributed by atoms with Crippen LogP contribution in [-0.2, 0) is 24.8 Å². The Kier molecular flexibility index (Phi) is 7.59. The van der Waals surface area contributed by atoms with Gasteiger partial charge in [-0.2, -0.15) is 8.61 Å². The van der Waals surface area contributed by atoms with E-state index in [1.54, 1.807) is 26.8 Å². The van der Waals surface area contributed by atoms with E-state index in [1.807, 2.05) is 0 Å². The molecule has 1 amide bonds. The molecule has 2 aromatic carbocycles. The first-order valence-electron chi connectivity index (χ1n) is 10.5. The molecule has 0 spiro atoms. The van der Waals surface area contributed by atoms with Crippen LogP contribution in [0.15, 0.2) is 52.3 Å². The Morgan fingerprint density at radius 3 is 2.33 bits per heavy atom. The predicted octanol–water partition coefficient (Wildman–Crippen LogP) is 2.30. The lowest BCUT2D eigenvalue weighted by atomic mass is 10.1. The van der Waals surface area contributed by atoms with Gasteiger partial charge in [0.2, 0.25) is 20.0 Å². The minimum atomic E-state index is -3.76. The van der Waals surface area contributed by atoms with Gasteiger partial charge in [0.15, 0.2) is 0 Å². The van der Waals surface area contributed by atoms with Gasteiger partial charge in [0, 0.05) is 37.4 Å². The van der Waals surface area contributed by atoms with Crippen LogP contribution in [-0.4, -0.2) is 70.7 Å². The minimum absolute atomic E-state index is 0.00622. The van der Waals surface area contributed by atoms with Crippen LogP contribution in [0.25, 0.3) is 0 Å². The molecule has 0 unspecified atom stereocenters. The van der Waals surface area contributed by atoms with Gasteiger partial charge in [0.1, 0.15) is 0 Å². The zero-order chi connectivity index (χ0) is 24.4. The number of hydrogen-bond acceptors (Lipinski definition) is 6. The lowest BCUT2D eigenvalue weighted by molar-refractivity contribution is 0.0730. The number of hydrogen-bond donors (Lipinski definition) is 1. The Hall–Kier alpha value is -2.31. The SMILES string of the molecule is Cc1ccc(S(=O)(=O)N2CCOCC2)cc1NC(=O)c1cccc(S(=O)(=O)N(C)C(C)C)c1. The molecule has 0 atom stereocenters. The van der Waals surface area contributed by atoms with Crippen molar-refractivity contribution < 1.29 is 26.4 Å². The summed E-state index contributed by atoms with van der Waals surface area (Å²) in [5.41, 5.74) is 1.16. The first-order chi connectivity index (χ1) is 15.4. The summed E-state index contributed by atoms with van der Waals surface area (Å²) in [7, 11) is -6.00. The number of nitrogens with one attached hydrogen (secondary N) is 1. The highest BCUT2D eigenvalue weighted by atomic mass is 32.2. The van der Waals surface area contributed by atoms with E-state index in [1.165, 1.54) is 52.1 Å². The van der Waals surface area contributed by atoms with Gasteiger partial charge in [-0.15, -0.1) is 0 Å². The molecule has 1 aliphatic rings. The van der Waals surface area contributed by atoms with Gasteiger partial charge in [-0.1, -0.05) is 12.1 Å². The zero-order valence-electron chi connectivity index (χ0n) is 19.1. The Labute approximate surface area is 195 Å². The van der Waals surface area contributed by atoms with E-state index < -0.39 is 26.0 Å². The molecule has 1 heterocycles. The fraction of sp³-hybridized carbons (Fsp3) is 0.409. The van der Waals surface area contributed by atoms with Crippen molar-refractivity contribution in [2.75, 3.05) is 38.7 Å². The number of morpholine rings is 1. The molecule has 0 aliphatic carbocycles. The van der Waals surface area contributed by atoms with Gasteiger partial charge in [-0.25, -0.2) is 16.8 Å². The normalized spacial score (nSPS) is 15.7. The number of ether oxygens (including phenoxy) is 1. The third kappa shape index (κ3) is 5.44. The van der Waals surface area contributed by atoms with Gasteiger partial charge in [0.05, 0.1) is 23.0 Å². The molecule has 11 heteroatoms. The number of carbonyl (C=O) groups is 1. The molecule has 2 aromatic rings. The summed E-state index contributed by atoms with van der Waals surface area (Å²) in [6, 6.07) is 10.1. The van der Waals surface area contributed by atoms with Crippen LogP contribution in [0.5, 0.6) is 0 Å². The monoisotopic (exact) mass is 495 g/mol. The van der Waals surface area contributed by atoms with E-state index in [-0.39, 0.29) is 34.5 Å². The maximum Gasteiger partial charge on any atom is 0.255 e. The van der Waals surface area contributed by atoms with Crippen molar-refractivity contribution in [2.24, 2.45) is 0 Å². The average Bonchev–Trinajstić information content (AvgIpc) is 2.80. The molecule has 1 fully saturated rings.